The van der Waals surface area contributed by atoms with Crippen molar-refractivity contribution in [3.63, 3.8) is 0 Å². The Balaban J connectivity index is 1.65. The van der Waals surface area contributed by atoms with E-state index in [1.165, 1.54) is 5.56 Å². The summed E-state index contributed by atoms with van der Waals surface area (Å²) >= 11 is 3.24. The molecule has 0 fully saturated rings. The highest BCUT2D eigenvalue weighted by molar-refractivity contribution is 7.13. The average Bonchev–Trinajstić information content (AvgIpc) is 3.35. The molecular weight excluding hydrogens is 354 g/mol. The summed E-state index contributed by atoms with van der Waals surface area (Å²) in [6, 6.07) is 6.06. The van der Waals surface area contributed by atoms with Crippen molar-refractivity contribution >= 4 is 22.7 Å². The van der Waals surface area contributed by atoms with Gasteiger partial charge in [0.05, 0.1) is 22.9 Å². The lowest BCUT2D eigenvalue weighted by molar-refractivity contribution is 0.282. The predicted octanol–water partition coefficient (Wildman–Crippen LogP) is 4.49. The van der Waals surface area contributed by atoms with Crippen LogP contribution in [0.4, 0.5) is 0 Å². The zero-order chi connectivity index (χ0) is 17.4. The van der Waals surface area contributed by atoms with Crippen LogP contribution < -0.4 is 0 Å². The van der Waals surface area contributed by atoms with Gasteiger partial charge >= 0.3 is 0 Å². The molecule has 0 bridgehead atoms. The first-order valence-electron chi connectivity index (χ1n) is 7.87. The van der Waals surface area contributed by atoms with Crippen LogP contribution in [0.15, 0.2) is 39.6 Å². The van der Waals surface area contributed by atoms with Crippen LogP contribution in [0, 0.1) is 13.8 Å². The number of aliphatic hydroxyl groups is 1. The summed E-state index contributed by atoms with van der Waals surface area (Å²) in [7, 11) is 0. The molecule has 1 N–H and O–H groups in total. The number of thiophene rings is 2. The third-order valence-corrected chi connectivity index (χ3v) is 5.90. The Labute approximate surface area is 153 Å². The van der Waals surface area contributed by atoms with E-state index in [0.29, 0.717) is 12.4 Å². The van der Waals surface area contributed by atoms with Crippen LogP contribution in [0.3, 0.4) is 0 Å². The fourth-order valence-electron chi connectivity index (χ4n) is 2.70. The predicted molar refractivity (Wildman–Crippen MR) is 99.9 cm³/mol. The fraction of sp³-hybridized carbons (Fsp3) is 0.222. The van der Waals surface area contributed by atoms with E-state index in [1.54, 1.807) is 22.7 Å². The quantitative estimate of drug-likeness (QED) is 0.561. The van der Waals surface area contributed by atoms with Gasteiger partial charge in [-0.1, -0.05) is 6.07 Å². The van der Waals surface area contributed by atoms with E-state index in [1.807, 2.05) is 40.7 Å². The van der Waals surface area contributed by atoms with E-state index in [9.17, 15) is 5.11 Å². The van der Waals surface area contributed by atoms with Gasteiger partial charge in [-0.05, 0) is 42.3 Å². The number of aliphatic hydroxyl groups excluding tert-OH is 1. The lowest BCUT2D eigenvalue weighted by Gasteiger charge is -1.98. The molecule has 4 rings (SSSR count). The Morgan fingerprint density at radius 1 is 1.20 bits per heavy atom. The summed E-state index contributed by atoms with van der Waals surface area (Å²) in [4.78, 5) is 6.77. The van der Waals surface area contributed by atoms with E-state index < -0.39 is 0 Å². The molecule has 0 aromatic carbocycles. The Bertz CT molecular complexity index is 996. The van der Waals surface area contributed by atoms with Crippen LogP contribution in [0.1, 0.15) is 22.6 Å². The van der Waals surface area contributed by atoms with Crippen molar-refractivity contribution in [1.82, 2.24) is 14.8 Å². The Morgan fingerprint density at radius 2 is 2.08 bits per heavy atom. The van der Waals surface area contributed by atoms with Crippen LogP contribution in [-0.2, 0) is 13.2 Å². The second-order valence-electron chi connectivity index (χ2n) is 5.79. The van der Waals surface area contributed by atoms with Crippen molar-refractivity contribution in [1.29, 1.82) is 0 Å². The van der Waals surface area contributed by atoms with Crippen molar-refractivity contribution in [2.24, 2.45) is 0 Å². The second-order valence-corrected chi connectivity index (χ2v) is 7.65. The summed E-state index contributed by atoms with van der Waals surface area (Å²) in [6.07, 6.45) is 1.87. The summed E-state index contributed by atoms with van der Waals surface area (Å²) in [5, 5.41) is 18.3. The van der Waals surface area contributed by atoms with Gasteiger partial charge in [0, 0.05) is 11.8 Å². The minimum absolute atomic E-state index is 0.0370. The third kappa shape index (κ3) is 3.06. The second kappa shape index (κ2) is 6.59. The number of aryl methyl sites for hydroxylation is 2. The number of hydrogen-bond donors (Lipinski definition) is 1. The average molecular weight is 371 g/mol. The van der Waals surface area contributed by atoms with Gasteiger partial charge in [0.2, 0.25) is 5.89 Å². The number of hydrogen-bond acceptors (Lipinski definition) is 6. The van der Waals surface area contributed by atoms with Gasteiger partial charge in [-0.2, -0.15) is 5.10 Å². The minimum Gasteiger partial charge on any atom is -0.440 e. The van der Waals surface area contributed by atoms with Gasteiger partial charge in [0.25, 0.3) is 0 Å². The van der Waals surface area contributed by atoms with Crippen LogP contribution in [0.5, 0.6) is 0 Å². The van der Waals surface area contributed by atoms with E-state index in [-0.39, 0.29) is 6.61 Å². The summed E-state index contributed by atoms with van der Waals surface area (Å²) in [5.74, 6) is 1.45. The lowest BCUT2D eigenvalue weighted by atomic mass is 10.2. The molecule has 0 saturated heterocycles. The van der Waals surface area contributed by atoms with Gasteiger partial charge in [-0.15, -0.1) is 22.7 Å². The first-order valence-corrected chi connectivity index (χ1v) is 9.63. The normalized spacial score (nSPS) is 11.3. The molecule has 0 radical (unpaired) electrons. The Hall–Kier alpha value is -2.22. The van der Waals surface area contributed by atoms with Crippen LogP contribution in [0.2, 0.25) is 0 Å². The van der Waals surface area contributed by atoms with Crippen molar-refractivity contribution in [2.75, 3.05) is 0 Å². The molecular formula is C18H17N3O2S2. The topological polar surface area (TPSA) is 64.1 Å². The molecule has 0 unspecified atom stereocenters. The maximum Gasteiger partial charge on any atom is 0.237 e. The molecule has 0 atom stereocenters. The van der Waals surface area contributed by atoms with Gasteiger partial charge in [-0.3, -0.25) is 4.68 Å². The SMILES string of the molecule is Cc1ccsc1-c1nc(Cn2cc(CO)c(-c3cccs3)n2)c(C)o1. The number of nitrogens with zero attached hydrogens (tertiary/aromatic N) is 3. The van der Waals surface area contributed by atoms with Gasteiger partial charge < -0.3 is 9.52 Å². The van der Waals surface area contributed by atoms with Crippen molar-refractivity contribution in [3.05, 3.63) is 57.7 Å². The summed E-state index contributed by atoms with van der Waals surface area (Å²) < 4.78 is 7.67. The molecule has 5 nitrogen and oxygen atoms in total. The first-order chi connectivity index (χ1) is 12.2. The zero-order valence-electron chi connectivity index (χ0n) is 13.9. The lowest BCUT2D eigenvalue weighted by Crippen LogP contribution is -2.02. The monoisotopic (exact) mass is 371 g/mol. The Kier molecular flexibility index (Phi) is 4.29. The van der Waals surface area contributed by atoms with Gasteiger partial charge in [-0.25, -0.2) is 4.98 Å². The number of aromatic nitrogens is 3. The molecule has 0 aliphatic rings. The highest BCUT2D eigenvalue weighted by Crippen LogP contribution is 2.30. The maximum absolute atomic E-state index is 9.63. The van der Waals surface area contributed by atoms with Crippen molar-refractivity contribution in [3.8, 4) is 21.3 Å². The van der Waals surface area contributed by atoms with Gasteiger partial charge in [0.15, 0.2) is 0 Å². The molecule has 0 spiro atoms. The highest BCUT2D eigenvalue weighted by Gasteiger charge is 2.17. The van der Waals surface area contributed by atoms with E-state index in [4.69, 9.17) is 4.42 Å². The molecule has 0 aliphatic heterocycles. The van der Waals surface area contributed by atoms with Crippen molar-refractivity contribution in [2.45, 2.75) is 27.0 Å². The zero-order valence-corrected chi connectivity index (χ0v) is 15.5. The molecule has 0 aliphatic carbocycles. The minimum atomic E-state index is -0.0370. The molecule has 7 heteroatoms. The fourth-order valence-corrected chi connectivity index (χ4v) is 4.29. The van der Waals surface area contributed by atoms with E-state index in [0.717, 1.165) is 32.5 Å². The van der Waals surface area contributed by atoms with Gasteiger partial charge in [0.1, 0.15) is 17.1 Å². The Morgan fingerprint density at radius 3 is 2.76 bits per heavy atom. The smallest absolute Gasteiger partial charge is 0.237 e. The molecule has 4 heterocycles. The molecule has 4 aromatic rings. The highest BCUT2D eigenvalue weighted by atomic mass is 32.1. The molecule has 0 saturated carbocycles. The number of rotatable bonds is 5. The molecule has 25 heavy (non-hydrogen) atoms. The maximum atomic E-state index is 9.63. The molecule has 4 aromatic heterocycles. The van der Waals surface area contributed by atoms with Crippen LogP contribution >= 0.6 is 22.7 Å². The van der Waals surface area contributed by atoms with Crippen molar-refractivity contribution < 1.29 is 9.52 Å². The van der Waals surface area contributed by atoms with Crippen LogP contribution in [-0.4, -0.2) is 19.9 Å². The largest absolute Gasteiger partial charge is 0.440 e. The summed E-state index contributed by atoms with van der Waals surface area (Å²) in [6.45, 7) is 4.45. The summed E-state index contributed by atoms with van der Waals surface area (Å²) in [5.41, 5.74) is 3.66. The molecule has 0 amide bonds. The van der Waals surface area contributed by atoms with E-state index >= 15 is 0 Å². The first kappa shape index (κ1) is 16.3. The standard InChI is InChI=1S/C18H17N3O2S2/c1-11-5-7-25-17(11)18-19-14(12(2)23-18)9-21-8-13(10-22)16(20-21)15-4-3-6-24-15/h3-8,22H,9-10H2,1-2H3. The number of oxazole rings is 1. The van der Waals surface area contributed by atoms with E-state index in [2.05, 4.69) is 23.1 Å². The van der Waals surface area contributed by atoms with Crippen LogP contribution in [0.25, 0.3) is 21.3 Å². The molecule has 128 valence electrons. The third-order valence-electron chi connectivity index (χ3n) is 4.02.